The van der Waals surface area contributed by atoms with Crippen LogP contribution in [-0.4, -0.2) is 20.2 Å². The first kappa shape index (κ1) is 13.0. The van der Waals surface area contributed by atoms with Crippen molar-refractivity contribution < 1.29 is 4.79 Å². The third kappa shape index (κ3) is 2.76. The van der Waals surface area contributed by atoms with Gasteiger partial charge >= 0.3 is 0 Å². The Labute approximate surface area is 125 Å². The van der Waals surface area contributed by atoms with Gasteiger partial charge < -0.3 is 5.32 Å². The second kappa shape index (κ2) is 5.52. The number of benzene rings is 1. The van der Waals surface area contributed by atoms with Crippen molar-refractivity contribution in [1.82, 2.24) is 15.3 Å². The standard InChI is InChI=1S/C14H9N3OS2/c18-13-11(20-14(19)17-13)6-9-7-15-12(16-8-9)10-4-2-1-3-5-10/h1-8H,(H,17,18,19)/b11-6-. The number of thioether (sulfide) groups is 1. The van der Waals surface area contributed by atoms with Gasteiger partial charge in [-0.3, -0.25) is 4.79 Å². The fraction of sp³-hybridized carbons (Fsp3) is 0. The molecular formula is C14H9N3OS2. The summed E-state index contributed by atoms with van der Waals surface area (Å²) in [6.45, 7) is 0. The van der Waals surface area contributed by atoms with E-state index in [4.69, 9.17) is 12.2 Å². The number of nitrogens with zero attached hydrogens (tertiary/aromatic N) is 2. The molecule has 2 aromatic rings. The summed E-state index contributed by atoms with van der Waals surface area (Å²) in [5.41, 5.74) is 1.73. The van der Waals surface area contributed by atoms with Crippen LogP contribution in [-0.2, 0) is 4.79 Å². The number of carbonyl (C=O) groups excluding carboxylic acids is 1. The average molecular weight is 299 g/mol. The average Bonchev–Trinajstić information content (AvgIpc) is 2.79. The molecule has 1 aromatic carbocycles. The fourth-order valence-electron chi connectivity index (χ4n) is 1.72. The summed E-state index contributed by atoms with van der Waals surface area (Å²) in [6, 6.07) is 9.73. The molecule has 0 aliphatic carbocycles. The summed E-state index contributed by atoms with van der Waals surface area (Å²) in [6.07, 6.45) is 5.11. The van der Waals surface area contributed by atoms with Crippen LogP contribution in [0, 0.1) is 0 Å². The predicted octanol–water partition coefficient (Wildman–Crippen LogP) is 2.63. The molecule has 1 N–H and O–H groups in total. The van der Waals surface area contributed by atoms with Crippen LogP contribution in [0.3, 0.4) is 0 Å². The molecule has 0 spiro atoms. The number of hydrogen-bond acceptors (Lipinski definition) is 5. The smallest absolute Gasteiger partial charge is 0.263 e. The van der Waals surface area contributed by atoms with Gasteiger partial charge in [0.25, 0.3) is 5.91 Å². The number of hydrogen-bond donors (Lipinski definition) is 1. The van der Waals surface area contributed by atoms with Crippen LogP contribution in [0.15, 0.2) is 47.6 Å². The van der Waals surface area contributed by atoms with Crippen molar-refractivity contribution in [2.75, 3.05) is 0 Å². The zero-order chi connectivity index (χ0) is 13.9. The summed E-state index contributed by atoms with van der Waals surface area (Å²) in [7, 11) is 0. The van der Waals surface area contributed by atoms with Gasteiger partial charge in [0.05, 0.1) is 4.91 Å². The van der Waals surface area contributed by atoms with Gasteiger partial charge in [-0.25, -0.2) is 9.97 Å². The molecule has 4 nitrogen and oxygen atoms in total. The zero-order valence-electron chi connectivity index (χ0n) is 10.2. The number of amides is 1. The molecule has 0 radical (unpaired) electrons. The molecule has 1 aliphatic rings. The molecular weight excluding hydrogens is 290 g/mol. The predicted molar refractivity (Wildman–Crippen MR) is 83.8 cm³/mol. The molecule has 0 saturated carbocycles. The van der Waals surface area contributed by atoms with Crippen molar-refractivity contribution in [1.29, 1.82) is 0 Å². The maximum Gasteiger partial charge on any atom is 0.263 e. The molecule has 0 bridgehead atoms. The lowest BCUT2D eigenvalue weighted by Crippen LogP contribution is -2.17. The van der Waals surface area contributed by atoms with Gasteiger partial charge in [-0.15, -0.1) is 0 Å². The van der Waals surface area contributed by atoms with Gasteiger partial charge in [0.2, 0.25) is 0 Å². The fourth-order valence-corrected chi connectivity index (χ4v) is 2.77. The maximum absolute atomic E-state index is 11.5. The van der Waals surface area contributed by atoms with E-state index >= 15 is 0 Å². The first-order valence-electron chi connectivity index (χ1n) is 5.85. The number of carbonyl (C=O) groups is 1. The van der Waals surface area contributed by atoms with Crippen LogP contribution >= 0.6 is 24.0 Å². The molecule has 0 unspecified atom stereocenters. The van der Waals surface area contributed by atoms with E-state index in [0.717, 1.165) is 11.1 Å². The van der Waals surface area contributed by atoms with E-state index in [1.807, 2.05) is 30.3 Å². The van der Waals surface area contributed by atoms with Crippen molar-refractivity contribution in [3.63, 3.8) is 0 Å². The Morgan fingerprint density at radius 1 is 1.15 bits per heavy atom. The minimum atomic E-state index is -0.174. The van der Waals surface area contributed by atoms with E-state index in [1.165, 1.54) is 11.8 Å². The Balaban J connectivity index is 1.86. The van der Waals surface area contributed by atoms with Crippen LogP contribution in [0.1, 0.15) is 5.56 Å². The number of nitrogens with one attached hydrogen (secondary N) is 1. The second-order valence-electron chi connectivity index (χ2n) is 4.06. The minimum absolute atomic E-state index is 0.174. The molecule has 20 heavy (non-hydrogen) atoms. The van der Waals surface area contributed by atoms with Gasteiger partial charge in [0.15, 0.2) is 5.82 Å². The highest BCUT2D eigenvalue weighted by atomic mass is 32.2. The summed E-state index contributed by atoms with van der Waals surface area (Å²) >= 11 is 6.18. The van der Waals surface area contributed by atoms with Crippen LogP contribution < -0.4 is 5.32 Å². The molecule has 1 aromatic heterocycles. The molecule has 1 fully saturated rings. The number of rotatable bonds is 2. The zero-order valence-corrected chi connectivity index (χ0v) is 11.9. The monoisotopic (exact) mass is 299 g/mol. The highest BCUT2D eigenvalue weighted by Crippen LogP contribution is 2.25. The van der Waals surface area contributed by atoms with Crippen LogP contribution in [0.5, 0.6) is 0 Å². The Bertz CT molecular complexity index is 696. The van der Waals surface area contributed by atoms with Crippen molar-refractivity contribution in [3.05, 3.63) is 53.2 Å². The van der Waals surface area contributed by atoms with Gasteiger partial charge in [-0.1, -0.05) is 54.3 Å². The lowest BCUT2D eigenvalue weighted by atomic mass is 10.2. The molecule has 1 saturated heterocycles. The number of thiocarbonyl (C=S) groups is 1. The first-order valence-corrected chi connectivity index (χ1v) is 7.07. The molecule has 2 heterocycles. The second-order valence-corrected chi connectivity index (χ2v) is 5.78. The third-order valence-corrected chi connectivity index (χ3v) is 3.81. The molecule has 1 amide bonds. The van der Waals surface area contributed by atoms with Gasteiger partial charge in [0.1, 0.15) is 4.32 Å². The molecule has 0 atom stereocenters. The van der Waals surface area contributed by atoms with E-state index in [-0.39, 0.29) is 5.91 Å². The quantitative estimate of drug-likeness (QED) is 0.682. The van der Waals surface area contributed by atoms with E-state index < -0.39 is 0 Å². The van der Waals surface area contributed by atoms with E-state index in [1.54, 1.807) is 18.5 Å². The highest BCUT2D eigenvalue weighted by molar-refractivity contribution is 8.26. The number of aromatic nitrogens is 2. The topological polar surface area (TPSA) is 54.9 Å². The Morgan fingerprint density at radius 2 is 1.85 bits per heavy atom. The largest absolute Gasteiger partial charge is 0.307 e. The molecule has 6 heteroatoms. The Morgan fingerprint density at radius 3 is 2.45 bits per heavy atom. The lowest BCUT2D eigenvalue weighted by molar-refractivity contribution is -0.115. The van der Waals surface area contributed by atoms with E-state index in [2.05, 4.69) is 15.3 Å². The van der Waals surface area contributed by atoms with Crippen molar-refractivity contribution in [2.45, 2.75) is 0 Å². The van der Waals surface area contributed by atoms with Gasteiger partial charge in [-0.2, -0.15) is 0 Å². The van der Waals surface area contributed by atoms with Gasteiger partial charge in [0, 0.05) is 23.5 Å². The highest BCUT2D eigenvalue weighted by Gasteiger charge is 2.21. The van der Waals surface area contributed by atoms with Crippen molar-refractivity contribution in [3.8, 4) is 11.4 Å². The summed E-state index contributed by atoms with van der Waals surface area (Å²) in [5, 5.41) is 2.57. The molecule has 1 aliphatic heterocycles. The summed E-state index contributed by atoms with van der Waals surface area (Å²) in [4.78, 5) is 20.7. The molecule has 98 valence electrons. The normalized spacial score (nSPS) is 16.5. The first-order chi connectivity index (χ1) is 9.72. The van der Waals surface area contributed by atoms with Crippen LogP contribution in [0.25, 0.3) is 17.5 Å². The maximum atomic E-state index is 11.5. The van der Waals surface area contributed by atoms with Crippen molar-refractivity contribution in [2.24, 2.45) is 0 Å². The van der Waals surface area contributed by atoms with E-state index in [9.17, 15) is 4.79 Å². The van der Waals surface area contributed by atoms with E-state index in [0.29, 0.717) is 15.1 Å². The summed E-state index contributed by atoms with van der Waals surface area (Å²) < 4.78 is 0.475. The third-order valence-electron chi connectivity index (χ3n) is 2.64. The lowest BCUT2D eigenvalue weighted by Gasteiger charge is -2.00. The summed E-state index contributed by atoms with van der Waals surface area (Å²) in [5.74, 6) is 0.485. The van der Waals surface area contributed by atoms with Crippen LogP contribution in [0.2, 0.25) is 0 Å². The van der Waals surface area contributed by atoms with Crippen molar-refractivity contribution >= 4 is 40.3 Å². The SMILES string of the molecule is O=C1NC(=S)S/C1=C\c1cnc(-c2ccccc2)nc1. The minimum Gasteiger partial charge on any atom is -0.307 e. The van der Waals surface area contributed by atoms with Gasteiger partial charge in [-0.05, 0) is 6.08 Å². The Hall–Kier alpha value is -2.05. The Kier molecular flexibility index (Phi) is 3.58. The molecule has 3 rings (SSSR count). The van der Waals surface area contributed by atoms with Crippen LogP contribution in [0.4, 0.5) is 0 Å².